The SMILES string of the molecule is CC(C)CNCC1CCC1N1CCC(C(F)(F)F)CC1. The topological polar surface area (TPSA) is 15.3 Å². The van der Waals surface area contributed by atoms with Crippen LogP contribution in [0.1, 0.15) is 39.5 Å². The van der Waals surface area contributed by atoms with Crippen LogP contribution in [0.4, 0.5) is 13.2 Å². The molecule has 0 aromatic carbocycles. The summed E-state index contributed by atoms with van der Waals surface area (Å²) in [5, 5.41) is 3.48. The Hall–Kier alpha value is -0.290. The molecule has 0 bridgehead atoms. The average molecular weight is 292 g/mol. The first-order valence-corrected chi connectivity index (χ1v) is 7.89. The molecule has 1 aliphatic heterocycles. The van der Waals surface area contributed by atoms with Crippen molar-refractivity contribution in [1.82, 2.24) is 10.2 Å². The Bertz CT molecular complexity index is 296. The molecule has 2 unspecified atom stereocenters. The molecular weight excluding hydrogens is 265 g/mol. The zero-order valence-corrected chi connectivity index (χ0v) is 12.5. The number of alkyl halides is 3. The largest absolute Gasteiger partial charge is 0.391 e. The Morgan fingerprint density at radius 3 is 2.20 bits per heavy atom. The van der Waals surface area contributed by atoms with E-state index in [4.69, 9.17) is 0 Å². The summed E-state index contributed by atoms with van der Waals surface area (Å²) in [5.74, 6) is 0.212. The van der Waals surface area contributed by atoms with Crippen molar-refractivity contribution in [3.63, 3.8) is 0 Å². The minimum absolute atomic E-state index is 0.284. The van der Waals surface area contributed by atoms with Gasteiger partial charge in [0.15, 0.2) is 0 Å². The maximum absolute atomic E-state index is 12.7. The minimum Gasteiger partial charge on any atom is -0.316 e. The molecule has 0 amide bonds. The zero-order chi connectivity index (χ0) is 14.8. The van der Waals surface area contributed by atoms with Crippen LogP contribution in [0.3, 0.4) is 0 Å². The Morgan fingerprint density at radius 2 is 1.75 bits per heavy atom. The van der Waals surface area contributed by atoms with Crippen molar-refractivity contribution < 1.29 is 13.2 Å². The van der Waals surface area contributed by atoms with Crippen LogP contribution < -0.4 is 5.32 Å². The Morgan fingerprint density at radius 1 is 1.10 bits per heavy atom. The smallest absolute Gasteiger partial charge is 0.316 e. The summed E-state index contributed by atoms with van der Waals surface area (Å²) in [6.07, 6.45) is -1.05. The molecule has 2 nitrogen and oxygen atoms in total. The minimum atomic E-state index is -4.00. The van der Waals surface area contributed by atoms with Gasteiger partial charge in [0, 0.05) is 6.04 Å². The molecule has 2 atom stereocenters. The first-order chi connectivity index (χ1) is 9.38. The predicted octanol–water partition coefficient (Wildman–Crippen LogP) is 3.28. The van der Waals surface area contributed by atoms with Crippen LogP contribution in [0.15, 0.2) is 0 Å². The van der Waals surface area contributed by atoms with Gasteiger partial charge in [0.05, 0.1) is 5.92 Å². The summed E-state index contributed by atoms with van der Waals surface area (Å²) < 4.78 is 38.0. The highest BCUT2D eigenvalue weighted by atomic mass is 19.4. The van der Waals surface area contributed by atoms with E-state index in [-0.39, 0.29) is 12.8 Å². The van der Waals surface area contributed by atoms with Crippen molar-refractivity contribution in [3.05, 3.63) is 0 Å². The summed E-state index contributed by atoms with van der Waals surface area (Å²) in [6.45, 7) is 7.66. The third kappa shape index (κ3) is 4.10. The van der Waals surface area contributed by atoms with Gasteiger partial charge in [-0.2, -0.15) is 13.2 Å². The molecule has 1 saturated carbocycles. The van der Waals surface area contributed by atoms with Gasteiger partial charge >= 0.3 is 6.18 Å². The Balaban J connectivity index is 1.71. The van der Waals surface area contributed by atoms with Crippen LogP contribution in [0.2, 0.25) is 0 Å². The van der Waals surface area contributed by atoms with Gasteiger partial charge < -0.3 is 10.2 Å². The number of likely N-dealkylation sites (tertiary alicyclic amines) is 1. The summed E-state index contributed by atoms with van der Waals surface area (Å²) in [5.41, 5.74) is 0. The highest BCUT2D eigenvalue weighted by molar-refractivity contribution is 4.92. The molecule has 0 radical (unpaired) electrons. The second-order valence-corrected chi connectivity index (χ2v) is 6.81. The second-order valence-electron chi connectivity index (χ2n) is 6.81. The van der Waals surface area contributed by atoms with Crippen LogP contribution in [0.25, 0.3) is 0 Å². The van der Waals surface area contributed by atoms with Crippen molar-refractivity contribution in [3.8, 4) is 0 Å². The van der Waals surface area contributed by atoms with Gasteiger partial charge in [0.1, 0.15) is 0 Å². The molecule has 5 heteroatoms. The average Bonchev–Trinajstić information content (AvgIpc) is 2.32. The molecule has 0 spiro atoms. The lowest BCUT2D eigenvalue weighted by atomic mass is 9.77. The molecule has 1 heterocycles. The molecule has 0 aromatic heterocycles. The quantitative estimate of drug-likeness (QED) is 0.836. The summed E-state index contributed by atoms with van der Waals surface area (Å²) in [4.78, 5) is 2.30. The molecule has 2 fully saturated rings. The molecule has 1 N–H and O–H groups in total. The van der Waals surface area contributed by atoms with E-state index in [1.165, 1.54) is 6.42 Å². The van der Waals surface area contributed by atoms with Gasteiger partial charge in [-0.15, -0.1) is 0 Å². The molecule has 2 aliphatic rings. The lowest BCUT2D eigenvalue weighted by Crippen LogP contribution is -2.53. The van der Waals surface area contributed by atoms with E-state index in [0.717, 1.165) is 19.5 Å². The van der Waals surface area contributed by atoms with E-state index in [2.05, 4.69) is 24.1 Å². The van der Waals surface area contributed by atoms with Crippen LogP contribution in [-0.2, 0) is 0 Å². The predicted molar refractivity (Wildman–Crippen MR) is 74.6 cm³/mol. The molecule has 0 aromatic rings. The van der Waals surface area contributed by atoms with Gasteiger partial charge in [0.2, 0.25) is 0 Å². The first-order valence-electron chi connectivity index (χ1n) is 7.89. The third-order valence-corrected chi connectivity index (χ3v) is 4.80. The van der Waals surface area contributed by atoms with E-state index < -0.39 is 12.1 Å². The van der Waals surface area contributed by atoms with Crippen LogP contribution >= 0.6 is 0 Å². The van der Waals surface area contributed by atoms with Crippen LogP contribution in [-0.4, -0.2) is 43.3 Å². The zero-order valence-electron chi connectivity index (χ0n) is 12.5. The Labute approximate surface area is 120 Å². The van der Waals surface area contributed by atoms with Crippen molar-refractivity contribution >= 4 is 0 Å². The van der Waals surface area contributed by atoms with Gasteiger partial charge in [-0.1, -0.05) is 13.8 Å². The lowest BCUT2D eigenvalue weighted by molar-refractivity contribution is -0.187. The van der Waals surface area contributed by atoms with E-state index in [9.17, 15) is 13.2 Å². The summed E-state index contributed by atoms with van der Waals surface area (Å²) in [7, 11) is 0. The van der Waals surface area contributed by atoms with Crippen molar-refractivity contribution in [2.45, 2.75) is 51.7 Å². The normalized spacial score (nSPS) is 29.7. The Kier molecular flexibility index (Phi) is 5.35. The molecule has 2 rings (SSSR count). The number of hydrogen-bond donors (Lipinski definition) is 1. The second kappa shape index (κ2) is 6.65. The highest BCUT2D eigenvalue weighted by Gasteiger charge is 2.44. The molecule has 20 heavy (non-hydrogen) atoms. The fraction of sp³-hybridized carbons (Fsp3) is 1.00. The number of halogens is 3. The number of hydrogen-bond acceptors (Lipinski definition) is 2. The number of nitrogens with zero attached hydrogens (tertiary/aromatic N) is 1. The lowest BCUT2D eigenvalue weighted by Gasteiger charge is -2.47. The van der Waals surface area contributed by atoms with Gasteiger partial charge in [-0.05, 0) is 63.7 Å². The fourth-order valence-corrected chi connectivity index (χ4v) is 3.39. The maximum atomic E-state index is 12.7. The van der Waals surface area contributed by atoms with E-state index in [0.29, 0.717) is 31.0 Å². The summed E-state index contributed by atoms with van der Waals surface area (Å²) in [6, 6.07) is 0.517. The van der Waals surface area contributed by atoms with E-state index in [1.54, 1.807) is 0 Å². The van der Waals surface area contributed by atoms with Gasteiger partial charge in [-0.25, -0.2) is 0 Å². The van der Waals surface area contributed by atoms with E-state index in [1.807, 2.05) is 0 Å². The van der Waals surface area contributed by atoms with Crippen LogP contribution in [0, 0.1) is 17.8 Å². The summed E-state index contributed by atoms with van der Waals surface area (Å²) >= 11 is 0. The first kappa shape index (κ1) is 16.1. The monoisotopic (exact) mass is 292 g/mol. The maximum Gasteiger partial charge on any atom is 0.391 e. The van der Waals surface area contributed by atoms with Crippen molar-refractivity contribution in [2.24, 2.45) is 17.8 Å². The molecule has 1 saturated heterocycles. The van der Waals surface area contributed by atoms with Crippen LogP contribution in [0.5, 0.6) is 0 Å². The molecular formula is C15H27F3N2. The van der Waals surface area contributed by atoms with Gasteiger partial charge in [0.25, 0.3) is 0 Å². The fourth-order valence-electron chi connectivity index (χ4n) is 3.39. The third-order valence-electron chi connectivity index (χ3n) is 4.80. The van der Waals surface area contributed by atoms with Gasteiger partial charge in [-0.3, -0.25) is 0 Å². The molecule has 1 aliphatic carbocycles. The van der Waals surface area contributed by atoms with Crippen molar-refractivity contribution in [2.75, 3.05) is 26.2 Å². The number of nitrogens with one attached hydrogen (secondary N) is 1. The highest BCUT2D eigenvalue weighted by Crippen LogP contribution is 2.38. The number of piperidine rings is 1. The van der Waals surface area contributed by atoms with E-state index >= 15 is 0 Å². The van der Waals surface area contributed by atoms with Crippen molar-refractivity contribution in [1.29, 1.82) is 0 Å². The standard InChI is InChI=1S/C15H27F3N2/c1-11(2)9-19-10-12-3-4-14(12)20-7-5-13(6-8-20)15(16,17)18/h11-14,19H,3-10H2,1-2H3. The molecule has 118 valence electrons. The number of rotatable bonds is 5.